The Hall–Kier alpha value is -2.87. The maximum absolute atomic E-state index is 11.6. The predicted octanol–water partition coefficient (Wildman–Crippen LogP) is 2.81. The number of nitrogens with zero attached hydrogens (tertiary/aromatic N) is 3. The van der Waals surface area contributed by atoms with E-state index in [0.29, 0.717) is 5.69 Å². The zero-order valence-electron chi connectivity index (χ0n) is 10.3. The number of azo groups is 1. The van der Waals surface area contributed by atoms with Gasteiger partial charge in [0.25, 0.3) is 5.91 Å². The maximum Gasteiger partial charge on any atom is 0.450 e. The minimum absolute atomic E-state index is 0.0330. The SMILES string of the molecule is O=C(O)N=NC(=O)c1ccc(-n2c(O)ccc2O)cc1Cl. The highest BCUT2D eigenvalue weighted by Crippen LogP contribution is 2.29. The van der Waals surface area contributed by atoms with E-state index >= 15 is 0 Å². The number of carbonyl (C=O) groups excluding carboxylic acids is 1. The molecule has 1 aromatic heterocycles. The van der Waals surface area contributed by atoms with Gasteiger partial charge in [0.2, 0.25) is 0 Å². The second kappa shape index (κ2) is 5.63. The summed E-state index contributed by atoms with van der Waals surface area (Å²) in [6.45, 7) is 0. The van der Waals surface area contributed by atoms with Gasteiger partial charge in [-0.25, -0.2) is 4.79 Å². The van der Waals surface area contributed by atoms with Crippen LogP contribution in [-0.4, -0.2) is 31.9 Å². The molecule has 2 amide bonds. The van der Waals surface area contributed by atoms with Crippen molar-refractivity contribution in [3.05, 3.63) is 40.9 Å². The normalized spacial score (nSPS) is 10.9. The van der Waals surface area contributed by atoms with Crippen molar-refractivity contribution in [1.29, 1.82) is 0 Å². The van der Waals surface area contributed by atoms with Gasteiger partial charge < -0.3 is 15.3 Å². The van der Waals surface area contributed by atoms with E-state index in [1.807, 2.05) is 0 Å². The molecule has 0 atom stereocenters. The summed E-state index contributed by atoms with van der Waals surface area (Å²) in [5.41, 5.74) is 0.253. The summed E-state index contributed by atoms with van der Waals surface area (Å²) in [4.78, 5) is 21.8. The van der Waals surface area contributed by atoms with Crippen molar-refractivity contribution in [2.75, 3.05) is 0 Å². The first-order valence-electron chi connectivity index (χ1n) is 5.48. The van der Waals surface area contributed by atoms with Crippen LogP contribution in [0.15, 0.2) is 40.6 Å². The van der Waals surface area contributed by atoms with Crippen molar-refractivity contribution in [2.24, 2.45) is 10.2 Å². The lowest BCUT2D eigenvalue weighted by Crippen LogP contribution is -1.99. The van der Waals surface area contributed by atoms with Crippen LogP contribution in [0.4, 0.5) is 4.79 Å². The van der Waals surface area contributed by atoms with Gasteiger partial charge >= 0.3 is 6.09 Å². The van der Waals surface area contributed by atoms with Crippen molar-refractivity contribution < 1.29 is 24.9 Å². The fourth-order valence-electron chi connectivity index (χ4n) is 1.64. The molecule has 0 fully saturated rings. The number of hydrogen-bond donors (Lipinski definition) is 3. The number of aromatic hydroxyl groups is 2. The number of benzene rings is 1. The Balaban J connectivity index is 2.39. The Morgan fingerprint density at radius 3 is 2.19 bits per heavy atom. The van der Waals surface area contributed by atoms with Crippen molar-refractivity contribution in [2.45, 2.75) is 0 Å². The number of aromatic nitrogens is 1. The van der Waals surface area contributed by atoms with E-state index in [0.717, 1.165) is 4.57 Å². The molecule has 1 aromatic carbocycles. The highest BCUT2D eigenvalue weighted by atomic mass is 35.5. The highest BCUT2D eigenvalue weighted by molar-refractivity contribution is 6.34. The molecule has 0 aliphatic heterocycles. The van der Waals surface area contributed by atoms with E-state index in [9.17, 15) is 19.8 Å². The van der Waals surface area contributed by atoms with Gasteiger partial charge in [0.05, 0.1) is 16.3 Å². The molecule has 108 valence electrons. The van der Waals surface area contributed by atoms with E-state index in [2.05, 4.69) is 10.2 Å². The first-order valence-corrected chi connectivity index (χ1v) is 5.86. The van der Waals surface area contributed by atoms with Crippen LogP contribution in [0.3, 0.4) is 0 Å². The van der Waals surface area contributed by atoms with E-state index in [1.54, 1.807) is 0 Å². The number of carboxylic acid groups (broad SMARTS) is 1. The van der Waals surface area contributed by atoms with Crippen LogP contribution in [0.2, 0.25) is 5.02 Å². The monoisotopic (exact) mass is 309 g/mol. The van der Waals surface area contributed by atoms with Crippen molar-refractivity contribution in [3.63, 3.8) is 0 Å². The van der Waals surface area contributed by atoms with Gasteiger partial charge in [0.1, 0.15) is 0 Å². The Morgan fingerprint density at radius 2 is 1.67 bits per heavy atom. The lowest BCUT2D eigenvalue weighted by atomic mass is 10.2. The van der Waals surface area contributed by atoms with Crippen molar-refractivity contribution >= 4 is 23.6 Å². The molecule has 0 aliphatic carbocycles. The second-order valence-electron chi connectivity index (χ2n) is 3.84. The third kappa shape index (κ3) is 3.00. The summed E-state index contributed by atoms with van der Waals surface area (Å²) in [5, 5.41) is 33.1. The van der Waals surface area contributed by atoms with Gasteiger partial charge in [-0.3, -0.25) is 9.36 Å². The molecule has 21 heavy (non-hydrogen) atoms. The van der Waals surface area contributed by atoms with Gasteiger partial charge in [-0.2, -0.15) is 0 Å². The molecular weight excluding hydrogens is 302 g/mol. The molecule has 0 spiro atoms. The average molecular weight is 310 g/mol. The van der Waals surface area contributed by atoms with Crippen molar-refractivity contribution in [3.8, 4) is 17.4 Å². The molecule has 9 heteroatoms. The topological polar surface area (TPSA) is 124 Å². The Labute approximate surface area is 122 Å². The molecular formula is C12H8ClN3O5. The first kappa shape index (κ1) is 14.5. The zero-order valence-corrected chi connectivity index (χ0v) is 11.0. The summed E-state index contributed by atoms with van der Waals surface area (Å²) >= 11 is 5.91. The minimum Gasteiger partial charge on any atom is -0.494 e. The van der Waals surface area contributed by atoms with Crippen LogP contribution >= 0.6 is 11.6 Å². The molecule has 0 unspecified atom stereocenters. The molecule has 0 bridgehead atoms. The standard InChI is InChI=1S/C12H8ClN3O5/c13-8-5-6(16-9(17)3-4-10(16)18)1-2-7(8)11(19)14-15-12(20)21/h1-5,17-18H,(H,20,21). The van der Waals surface area contributed by atoms with Gasteiger partial charge in [0, 0.05) is 12.1 Å². The largest absolute Gasteiger partial charge is 0.494 e. The lowest BCUT2D eigenvalue weighted by molar-refractivity contribution is 0.0991. The number of hydrogen-bond acceptors (Lipinski definition) is 4. The molecule has 0 saturated heterocycles. The van der Waals surface area contributed by atoms with Gasteiger partial charge in [-0.15, -0.1) is 0 Å². The Morgan fingerprint density at radius 1 is 1.05 bits per heavy atom. The zero-order chi connectivity index (χ0) is 15.6. The smallest absolute Gasteiger partial charge is 0.450 e. The molecule has 8 nitrogen and oxygen atoms in total. The molecule has 3 N–H and O–H groups in total. The average Bonchev–Trinajstić information content (AvgIpc) is 2.75. The van der Waals surface area contributed by atoms with E-state index < -0.39 is 12.0 Å². The van der Waals surface area contributed by atoms with Crippen LogP contribution in [0, 0.1) is 0 Å². The summed E-state index contributed by atoms with van der Waals surface area (Å²) in [6, 6.07) is 6.55. The maximum atomic E-state index is 11.6. The summed E-state index contributed by atoms with van der Waals surface area (Å²) in [5.74, 6) is -1.35. The van der Waals surface area contributed by atoms with Crippen LogP contribution in [0.25, 0.3) is 5.69 Å². The van der Waals surface area contributed by atoms with Crippen LogP contribution in [0.5, 0.6) is 11.8 Å². The minimum atomic E-state index is -1.60. The quantitative estimate of drug-likeness (QED) is 0.736. The van der Waals surface area contributed by atoms with Crippen molar-refractivity contribution in [1.82, 2.24) is 4.57 Å². The van der Waals surface area contributed by atoms with Crippen LogP contribution < -0.4 is 0 Å². The van der Waals surface area contributed by atoms with Crippen LogP contribution in [-0.2, 0) is 0 Å². The number of carbonyl (C=O) groups is 2. The van der Waals surface area contributed by atoms with Gasteiger partial charge in [-0.05, 0) is 18.2 Å². The van der Waals surface area contributed by atoms with E-state index in [1.165, 1.54) is 30.3 Å². The summed E-state index contributed by atoms with van der Waals surface area (Å²) in [6.07, 6.45) is -1.60. The summed E-state index contributed by atoms with van der Waals surface area (Å²) < 4.78 is 1.10. The fourth-order valence-corrected chi connectivity index (χ4v) is 1.89. The molecule has 0 saturated carbocycles. The number of rotatable bonds is 2. The third-order valence-corrected chi connectivity index (χ3v) is 2.82. The van der Waals surface area contributed by atoms with E-state index in [4.69, 9.17) is 16.7 Å². The van der Waals surface area contributed by atoms with Gasteiger partial charge in [0.15, 0.2) is 11.8 Å². The number of halogens is 1. The van der Waals surface area contributed by atoms with E-state index in [-0.39, 0.29) is 22.3 Å². The second-order valence-corrected chi connectivity index (χ2v) is 4.24. The first-order chi connectivity index (χ1) is 9.90. The Kier molecular flexibility index (Phi) is 3.90. The number of amides is 2. The molecule has 0 aliphatic rings. The van der Waals surface area contributed by atoms with Crippen LogP contribution in [0.1, 0.15) is 10.4 Å². The predicted molar refractivity (Wildman–Crippen MR) is 71.3 cm³/mol. The Bertz CT molecular complexity index is 734. The molecule has 2 rings (SSSR count). The highest BCUT2D eigenvalue weighted by Gasteiger charge is 2.14. The molecule has 2 aromatic rings. The third-order valence-electron chi connectivity index (χ3n) is 2.51. The lowest BCUT2D eigenvalue weighted by Gasteiger charge is -2.08. The molecule has 1 heterocycles. The van der Waals surface area contributed by atoms with Gasteiger partial charge in [-0.1, -0.05) is 21.8 Å². The molecule has 0 radical (unpaired) electrons. The fraction of sp³-hybridized carbons (Fsp3) is 0. The summed E-state index contributed by atoms with van der Waals surface area (Å²) in [7, 11) is 0.